The van der Waals surface area contributed by atoms with E-state index in [1.54, 1.807) is 21.9 Å². The Hall–Kier alpha value is -2.97. The summed E-state index contributed by atoms with van der Waals surface area (Å²) in [5.41, 5.74) is 0.459. The molecule has 9 nitrogen and oxygen atoms in total. The van der Waals surface area contributed by atoms with Crippen molar-refractivity contribution in [3.8, 4) is 17.2 Å². The van der Waals surface area contributed by atoms with E-state index in [-0.39, 0.29) is 42.1 Å². The van der Waals surface area contributed by atoms with Crippen molar-refractivity contribution in [3.63, 3.8) is 0 Å². The molecule has 2 heterocycles. The second-order valence-corrected chi connectivity index (χ2v) is 8.53. The third kappa shape index (κ3) is 4.92. The smallest absolute Gasteiger partial charge is 0.254 e. The van der Waals surface area contributed by atoms with E-state index < -0.39 is 0 Å². The molecule has 0 aliphatic carbocycles. The van der Waals surface area contributed by atoms with Gasteiger partial charge in [-0.05, 0) is 38.8 Å². The number of carbonyl (C=O) groups excluding carboxylic acids is 3. The first-order valence-electron chi connectivity index (χ1n) is 11.0. The van der Waals surface area contributed by atoms with Crippen LogP contribution in [-0.4, -0.2) is 80.6 Å². The highest BCUT2D eigenvalue weighted by Crippen LogP contribution is 2.38. The Morgan fingerprint density at radius 3 is 2.09 bits per heavy atom. The van der Waals surface area contributed by atoms with Crippen molar-refractivity contribution in [1.82, 2.24) is 15.1 Å². The summed E-state index contributed by atoms with van der Waals surface area (Å²) in [7, 11) is 4.54. The molecule has 2 saturated heterocycles. The van der Waals surface area contributed by atoms with Crippen LogP contribution >= 0.6 is 0 Å². The number of piperidine rings is 1. The van der Waals surface area contributed by atoms with Crippen LogP contribution in [-0.2, 0) is 9.59 Å². The van der Waals surface area contributed by atoms with Crippen LogP contribution in [0.1, 0.15) is 43.5 Å². The highest BCUT2D eigenvalue weighted by molar-refractivity contribution is 5.96. The molecule has 176 valence electrons. The molecule has 1 aromatic rings. The number of methoxy groups -OCH3 is 3. The van der Waals surface area contributed by atoms with Gasteiger partial charge in [0.05, 0.1) is 27.2 Å². The zero-order valence-corrected chi connectivity index (χ0v) is 19.5. The molecule has 3 amide bonds. The molecule has 32 heavy (non-hydrogen) atoms. The lowest BCUT2D eigenvalue weighted by molar-refractivity contribution is -0.130. The Balaban J connectivity index is 1.57. The van der Waals surface area contributed by atoms with Gasteiger partial charge < -0.3 is 29.3 Å². The average Bonchev–Trinajstić information content (AvgIpc) is 3.20. The molecular weight excluding hydrogens is 414 g/mol. The molecule has 9 heteroatoms. The van der Waals surface area contributed by atoms with Gasteiger partial charge in [0.1, 0.15) is 0 Å². The van der Waals surface area contributed by atoms with Gasteiger partial charge >= 0.3 is 0 Å². The van der Waals surface area contributed by atoms with E-state index in [9.17, 15) is 14.4 Å². The number of likely N-dealkylation sites (tertiary alicyclic amines) is 2. The molecule has 0 radical (unpaired) electrons. The SMILES string of the molecule is COc1cc(C(=O)N2CCC(NC(=O)C3CC(=O)N(C(C)C)C3)CC2)cc(OC)c1OC. The number of nitrogens with zero attached hydrogens (tertiary/aromatic N) is 2. The number of rotatable bonds is 7. The van der Waals surface area contributed by atoms with Gasteiger partial charge in [0.2, 0.25) is 17.6 Å². The predicted octanol–water partition coefficient (Wildman–Crippen LogP) is 1.69. The normalized spacial score (nSPS) is 19.3. The number of ether oxygens (including phenoxy) is 3. The molecule has 1 atom stereocenters. The molecule has 2 fully saturated rings. The summed E-state index contributed by atoms with van der Waals surface area (Å²) < 4.78 is 16.0. The highest BCUT2D eigenvalue weighted by Gasteiger charge is 2.36. The van der Waals surface area contributed by atoms with E-state index in [0.29, 0.717) is 55.3 Å². The van der Waals surface area contributed by atoms with Crippen molar-refractivity contribution in [2.24, 2.45) is 5.92 Å². The summed E-state index contributed by atoms with van der Waals surface area (Å²) in [5, 5.41) is 3.08. The van der Waals surface area contributed by atoms with Gasteiger partial charge in [-0.15, -0.1) is 0 Å². The summed E-state index contributed by atoms with van der Waals surface area (Å²) in [6, 6.07) is 3.39. The van der Waals surface area contributed by atoms with Gasteiger partial charge in [-0.25, -0.2) is 0 Å². The zero-order chi connectivity index (χ0) is 23.4. The number of amides is 3. The molecule has 1 N–H and O–H groups in total. The second-order valence-electron chi connectivity index (χ2n) is 8.53. The lowest BCUT2D eigenvalue weighted by Crippen LogP contribution is -2.48. The molecule has 2 aliphatic rings. The van der Waals surface area contributed by atoms with Crippen LogP contribution in [0.3, 0.4) is 0 Å². The Bertz CT molecular complexity index is 838. The average molecular weight is 448 g/mol. The molecule has 3 rings (SSSR count). The fourth-order valence-electron chi connectivity index (χ4n) is 4.34. The van der Waals surface area contributed by atoms with Crippen molar-refractivity contribution >= 4 is 17.7 Å². The minimum absolute atomic E-state index is 0.00492. The first-order valence-corrected chi connectivity index (χ1v) is 11.0. The van der Waals surface area contributed by atoms with Crippen molar-refractivity contribution < 1.29 is 28.6 Å². The van der Waals surface area contributed by atoms with E-state index in [4.69, 9.17) is 14.2 Å². The zero-order valence-electron chi connectivity index (χ0n) is 19.5. The van der Waals surface area contributed by atoms with Crippen LogP contribution in [0, 0.1) is 5.92 Å². The summed E-state index contributed by atoms with van der Waals surface area (Å²) in [4.78, 5) is 41.3. The van der Waals surface area contributed by atoms with Crippen molar-refractivity contribution in [1.29, 1.82) is 0 Å². The molecule has 2 aliphatic heterocycles. The number of hydrogen-bond donors (Lipinski definition) is 1. The second kappa shape index (κ2) is 10.1. The van der Waals surface area contributed by atoms with E-state index in [1.165, 1.54) is 21.3 Å². The van der Waals surface area contributed by atoms with Crippen molar-refractivity contribution in [2.75, 3.05) is 41.0 Å². The molecule has 1 aromatic carbocycles. The predicted molar refractivity (Wildman–Crippen MR) is 118 cm³/mol. The Morgan fingerprint density at radius 2 is 1.62 bits per heavy atom. The monoisotopic (exact) mass is 447 g/mol. The van der Waals surface area contributed by atoms with E-state index in [0.717, 1.165) is 0 Å². The van der Waals surface area contributed by atoms with Crippen LogP contribution in [0.25, 0.3) is 0 Å². The highest BCUT2D eigenvalue weighted by atomic mass is 16.5. The minimum Gasteiger partial charge on any atom is -0.493 e. The van der Waals surface area contributed by atoms with Gasteiger partial charge in [0.15, 0.2) is 11.5 Å². The fraction of sp³-hybridized carbons (Fsp3) is 0.609. The quantitative estimate of drug-likeness (QED) is 0.683. The maximum Gasteiger partial charge on any atom is 0.254 e. The molecule has 0 spiro atoms. The fourth-order valence-corrected chi connectivity index (χ4v) is 4.34. The Kier molecular flexibility index (Phi) is 7.48. The number of carbonyl (C=O) groups is 3. The summed E-state index contributed by atoms with van der Waals surface area (Å²) in [5.74, 6) is 0.834. The summed E-state index contributed by atoms with van der Waals surface area (Å²) in [6.07, 6.45) is 1.59. The molecule has 1 unspecified atom stereocenters. The molecule has 0 aromatic heterocycles. The number of nitrogens with one attached hydrogen (secondary N) is 1. The number of hydrogen-bond acceptors (Lipinski definition) is 6. The van der Waals surface area contributed by atoms with E-state index >= 15 is 0 Å². The van der Waals surface area contributed by atoms with E-state index in [2.05, 4.69) is 5.32 Å². The Labute approximate surface area is 189 Å². The minimum atomic E-state index is -0.302. The first-order chi connectivity index (χ1) is 15.3. The van der Waals surface area contributed by atoms with Gasteiger partial charge in [0, 0.05) is 43.7 Å². The van der Waals surface area contributed by atoms with Crippen LogP contribution in [0.2, 0.25) is 0 Å². The maximum absolute atomic E-state index is 13.1. The van der Waals surface area contributed by atoms with Gasteiger partial charge in [-0.1, -0.05) is 0 Å². The third-order valence-electron chi connectivity index (χ3n) is 6.19. The van der Waals surface area contributed by atoms with Gasteiger partial charge in [0.25, 0.3) is 5.91 Å². The first kappa shape index (κ1) is 23.7. The topological polar surface area (TPSA) is 97.4 Å². The molecule has 0 bridgehead atoms. The standard InChI is InChI=1S/C23H33N3O6/c1-14(2)26-13-16(12-20(26)27)22(28)24-17-6-8-25(9-7-17)23(29)15-10-18(30-3)21(32-5)19(11-15)31-4/h10-11,14,16-17H,6-9,12-13H2,1-5H3,(H,24,28). The van der Waals surface area contributed by atoms with Gasteiger partial charge in [-0.3, -0.25) is 14.4 Å². The maximum atomic E-state index is 13.1. The summed E-state index contributed by atoms with van der Waals surface area (Å²) >= 11 is 0. The third-order valence-corrected chi connectivity index (χ3v) is 6.19. The lowest BCUT2D eigenvalue weighted by atomic mass is 10.0. The van der Waals surface area contributed by atoms with E-state index in [1.807, 2.05) is 13.8 Å². The van der Waals surface area contributed by atoms with Crippen LogP contribution in [0.5, 0.6) is 17.2 Å². The summed E-state index contributed by atoms with van der Waals surface area (Å²) in [6.45, 7) is 5.45. The number of benzene rings is 1. The lowest BCUT2D eigenvalue weighted by Gasteiger charge is -2.33. The van der Waals surface area contributed by atoms with Crippen LogP contribution in [0.4, 0.5) is 0 Å². The van der Waals surface area contributed by atoms with Crippen LogP contribution in [0.15, 0.2) is 12.1 Å². The largest absolute Gasteiger partial charge is 0.493 e. The molecule has 0 saturated carbocycles. The van der Waals surface area contributed by atoms with Crippen LogP contribution < -0.4 is 19.5 Å². The van der Waals surface area contributed by atoms with Crippen molar-refractivity contribution in [2.45, 2.75) is 45.2 Å². The van der Waals surface area contributed by atoms with Gasteiger partial charge in [-0.2, -0.15) is 0 Å². The Morgan fingerprint density at radius 1 is 1.03 bits per heavy atom. The molecular formula is C23H33N3O6. The van der Waals surface area contributed by atoms with Crippen molar-refractivity contribution in [3.05, 3.63) is 17.7 Å².